The van der Waals surface area contributed by atoms with E-state index in [1.165, 1.54) is 0 Å². The molecule has 0 amide bonds. The number of hydrogen-bond donors (Lipinski definition) is 1. The van der Waals surface area contributed by atoms with Crippen molar-refractivity contribution in [2.75, 3.05) is 0 Å². The summed E-state index contributed by atoms with van der Waals surface area (Å²) >= 11 is 5.86. The zero-order valence-corrected chi connectivity index (χ0v) is 9.48. The van der Waals surface area contributed by atoms with Crippen LogP contribution in [0.4, 0.5) is 0 Å². The molecule has 5 nitrogen and oxygen atoms in total. The number of aromatic nitrogens is 3. The second-order valence-corrected chi connectivity index (χ2v) is 3.70. The predicted molar refractivity (Wildman–Crippen MR) is 60.4 cm³/mol. The first-order chi connectivity index (χ1) is 7.69. The lowest BCUT2D eigenvalue weighted by molar-refractivity contribution is 0.434. The van der Waals surface area contributed by atoms with Gasteiger partial charge in [-0.1, -0.05) is 11.6 Å². The summed E-state index contributed by atoms with van der Waals surface area (Å²) in [5.74, 6) is 0.623. The smallest absolute Gasteiger partial charge is 0.340 e. The Labute approximate surface area is 97.8 Å². The van der Waals surface area contributed by atoms with Crippen molar-refractivity contribution >= 4 is 11.6 Å². The molecule has 16 heavy (non-hydrogen) atoms. The summed E-state index contributed by atoms with van der Waals surface area (Å²) in [6.45, 7) is 0.350. The van der Waals surface area contributed by atoms with E-state index < -0.39 is 0 Å². The van der Waals surface area contributed by atoms with Crippen molar-refractivity contribution in [3.63, 3.8) is 0 Å². The molecule has 0 fully saturated rings. The highest BCUT2D eigenvalue weighted by Crippen LogP contribution is 2.25. The molecule has 0 aliphatic carbocycles. The van der Waals surface area contributed by atoms with Gasteiger partial charge in [0.1, 0.15) is 12.1 Å². The number of benzene rings is 1. The minimum absolute atomic E-state index is 0.291. The number of hydrogen-bond acceptors (Lipinski definition) is 4. The van der Waals surface area contributed by atoms with Gasteiger partial charge >= 0.3 is 6.01 Å². The highest BCUT2D eigenvalue weighted by molar-refractivity contribution is 6.30. The maximum Gasteiger partial charge on any atom is 0.340 e. The molecule has 0 bridgehead atoms. The van der Waals surface area contributed by atoms with Gasteiger partial charge in [-0.2, -0.15) is 4.98 Å². The zero-order valence-electron chi connectivity index (χ0n) is 8.72. The van der Waals surface area contributed by atoms with Crippen molar-refractivity contribution in [2.45, 2.75) is 6.54 Å². The Morgan fingerprint density at radius 1 is 1.50 bits per heavy atom. The molecular formula is C10H11ClN4O. The highest BCUT2D eigenvalue weighted by Gasteiger charge is 2.07. The van der Waals surface area contributed by atoms with E-state index in [0.717, 1.165) is 5.56 Å². The summed E-state index contributed by atoms with van der Waals surface area (Å²) in [5.41, 5.74) is 6.41. The molecule has 2 rings (SSSR count). The second-order valence-electron chi connectivity index (χ2n) is 3.26. The number of rotatable bonds is 3. The Kier molecular flexibility index (Phi) is 3.07. The fourth-order valence-corrected chi connectivity index (χ4v) is 1.47. The zero-order chi connectivity index (χ0) is 11.5. The van der Waals surface area contributed by atoms with Gasteiger partial charge in [-0.25, -0.2) is 0 Å². The molecule has 1 aromatic heterocycles. The van der Waals surface area contributed by atoms with Gasteiger partial charge in [0.15, 0.2) is 0 Å². The van der Waals surface area contributed by atoms with Crippen LogP contribution in [0.15, 0.2) is 24.5 Å². The van der Waals surface area contributed by atoms with Crippen LogP contribution in [0.5, 0.6) is 11.8 Å². The Morgan fingerprint density at radius 2 is 2.31 bits per heavy atom. The molecule has 0 atom stereocenters. The number of ether oxygens (including phenoxy) is 1. The van der Waals surface area contributed by atoms with Gasteiger partial charge in [-0.05, 0) is 18.2 Å². The topological polar surface area (TPSA) is 66.0 Å². The first kappa shape index (κ1) is 10.9. The Balaban J connectivity index is 2.27. The number of nitrogens with two attached hydrogens (primary N) is 1. The van der Waals surface area contributed by atoms with Gasteiger partial charge in [0.2, 0.25) is 0 Å². The normalized spacial score (nSPS) is 10.4. The van der Waals surface area contributed by atoms with E-state index in [2.05, 4.69) is 10.1 Å². The van der Waals surface area contributed by atoms with Crippen LogP contribution in [0.1, 0.15) is 5.56 Å². The highest BCUT2D eigenvalue weighted by atomic mass is 35.5. The van der Waals surface area contributed by atoms with Crippen LogP contribution in [0.25, 0.3) is 0 Å². The second kappa shape index (κ2) is 4.51. The third kappa shape index (κ3) is 2.32. The first-order valence-electron chi connectivity index (χ1n) is 4.71. The van der Waals surface area contributed by atoms with E-state index in [4.69, 9.17) is 22.1 Å². The van der Waals surface area contributed by atoms with Crippen LogP contribution in [0.3, 0.4) is 0 Å². The minimum Gasteiger partial charge on any atom is -0.423 e. The molecule has 0 aliphatic rings. The minimum atomic E-state index is 0.291. The molecule has 1 heterocycles. The van der Waals surface area contributed by atoms with Crippen molar-refractivity contribution in [3.8, 4) is 11.8 Å². The van der Waals surface area contributed by atoms with Crippen LogP contribution < -0.4 is 10.5 Å². The molecule has 0 radical (unpaired) electrons. The van der Waals surface area contributed by atoms with Crippen LogP contribution in [-0.2, 0) is 13.6 Å². The lowest BCUT2D eigenvalue weighted by atomic mass is 10.2. The van der Waals surface area contributed by atoms with E-state index >= 15 is 0 Å². The van der Waals surface area contributed by atoms with Crippen molar-refractivity contribution in [1.82, 2.24) is 14.8 Å². The molecule has 0 spiro atoms. The largest absolute Gasteiger partial charge is 0.423 e. The van der Waals surface area contributed by atoms with Crippen molar-refractivity contribution in [2.24, 2.45) is 12.8 Å². The van der Waals surface area contributed by atoms with Crippen molar-refractivity contribution in [1.29, 1.82) is 0 Å². The summed E-state index contributed by atoms with van der Waals surface area (Å²) in [6.07, 6.45) is 1.56. The number of halogens is 1. The maximum absolute atomic E-state index is 5.86. The molecule has 0 saturated heterocycles. The van der Waals surface area contributed by atoms with Gasteiger partial charge in [0.25, 0.3) is 0 Å². The average molecular weight is 239 g/mol. The molecule has 1 aromatic carbocycles. The Bertz CT molecular complexity index is 497. The lowest BCUT2D eigenvalue weighted by Gasteiger charge is -2.06. The van der Waals surface area contributed by atoms with E-state index in [1.54, 1.807) is 36.3 Å². The lowest BCUT2D eigenvalue weighted by Crippen LogP contribution is -2.00. The average Bonchev–Trinajstić information content (AvgIpc) is 2.67. The fraction of sp³-hybridized carbons (Fsp3) is 0.200. The van der Waals surface area contributed by atoms with E-state index in [1.807, 2.05) is 0 Å². The van der Waals surface area contributed by atoms with Gasteiger partial charge in [0, 0.05) is 24.2 Å². The molecule has 2 aromatic rings. The summed E-state index contributed by atoms with van der Waals surface area (Å²) in [5, 5.41) is 4.64. The maximum atomic E-state index is 5.86. The quantitative estimate of drug-likeness (QED) is 0.884. The van der Waals surface area contributed by atoms with E-state index in [9.17, 15) is 0 Å². The molecule has 84 valence electrons. The van der Waals surface area contributed by atoms with Gasteiger partial charge in [-0.3, -0.25) is 4.68 Å². The molecule has 6 heteroatoms. The van der Waals surface area contributed by atoms with Crippen LogP contribution in [-0.4, -0.2) is 14.8 Å². The van der Waals surface area contributed by atoms with Gasteiger partial charge in [-0.15, -0.1) is 5.10 Å². The third-order valence-corrected chi connectivity index (χ3v) is 2.26. The molecular weight excluding hydrogens is 228 g/mol. The third-order valence-electron chi connectivity index (χ3n) is 2.02. The van der Waals surface area contributed by atoms with E-state index in [0.29, 0.717) is 23.3 Å². The van der Waals surface area contributed by atoms with Crippen LogP contribution in [0.2, 0.25) is 5.02 Å². The number of nitrogens with zero attached hydrogens (tertiary/aromatic N) is 3. The Hall–Kier alpha value is -1.59. The fourth-order valence-electron chi connectivity index (χ4n) is 1.27. The number of aryl methyl sites for hydroxylation is 1. The summed E-state index contributed by atoms with van der Waals surface area (Å²) in [7, 11) is 1.77. The predicted octanol–water partition coefficient (Wildman–Crippen LogP) is 1.72. The molecule has 0 saturated carbocycles. The van der Waals surface area contributed by atoms with Crippen molar-refractivity contribution in [3.05, 3.63) is 35.1 Å². The SMILES string of the molecule is Cn1cnc(Oc2ccc(Cl)cc2CN)n1. The van der Waals surface area contributed by atoms with Crippen LogP contribution >= 0.6 is 11.6 Å². The summed E-state index contributed by atoms with van der Waals surface area (Å²) in [6, 6.07) is 5.54. The molecule has 2 N–H and O–H groups in total. The van der Waals surface area contributed by atoms with E-state index in [-0.39, 0.29) is 0 Å². The molecule has 0 aliphatic heterocycles. The monoisotopic (exact) mass is 238 g/mol. The Morgan fingerprint density at radius 3 is 2.94 bits per heavy atom. The standard InChI is InChI=1S/C10H11ClN4O/c1-15-6-13-10(14-15)16-9-3-2-8(11)4-7(9)5-12/h2-4,6H,5,12H2,1H3. The van der Waals surface area contributed by atoms with Crippen LogP contribution in [0, 0.1) is 0 Å². The first-order valence-corrected chi connectivity index (χ1v) is 5.09. The summed E-state index contributed by atoms with van der Waals surface area (Å²) < 4.78 is 7.06. The van der Waals surface area contributed by atoms with Gasteiger partial charge in [0.05, 0.1) is 0 Å². The molecule has 0 unspecified atom stereocenters. The van der Waals surface area contributed by atoms with Crippen molar-refractivity contribution < 1.29 is 4.74 Å². The van der Waals surface area contributed by atoms with Gasteiger partial charge < -0.3 is 10.5 Å². The summed E-state index contributed by atoms with van der Waals surface area (Å²) in [4.78, 5) is 3.96.